The number of imide groups is 2. The molecule has 3 atom stereocenters. The van der Waals surface area contributed by atoms with E-state index in [-0.39, 0.29) is 48.2 Å². The maximum Gasteiger partial charge on any atom is 0.322 e. The first-order valence-electron chi connectivity index (χ1n) is 22.3. The first-order chi connectivity index (χ1) is 30.9. The molecule has 2 N–H and O–H groups in total. The van der Waals surface area contributed by atoms with Crippen LogP contribution in [0.4, 0.5) is 22.1 Å². The van der Waals surface area contributed by atoms with Crippen molar-refractivity contribution >= 4 is 57.9 Å². The SMILES string of the molecule is CC(C)N(CC1CCN(c2ncc(NC(=O)N3C[C@H](C)N(c4ccc(C#N)c5ncccc45)C[C@H]3C)cn2)CC1)C1CC(Oc2ccc3c(c2)C(=O)N(C2CCC(=O)NC2=O)C3=O)C1. The Kier molecular flexibility index (Phi) is 11.6. The minimum absolute atomic E-state index is 0.0224. The quantitative estimate of drug-likeness (QED) is 0.203. The summed E-state index contributed by atoms with van der Waals surface area (Å²) in [7, 11) is 0. The van der Waals surface area contributed by atoms with E-state index in [1.54, 1.807) is 36.8 Å². The number of fused-ring (bicyclic) bond motifs is 2. The Morgan fingerprint density at radius 3 is 2.42 bits per heavy atom. The van der Waals surface area contributed by atoms with E-state index in [2.05, 4.69) is 67.1 Å². The summed E-state index contributed by atoms with van der Waals surface area (Å²) in [6, 6.07) is 14.3. The first-order valence-corrected chi connectivity index (χ1v) is 22.3. The van der Waals surface area contributed by atoms with Gasteiger partial charge in [-0.25, -0.2) is 14.8 Å². The van der Waals surface area contributed by atoms with Crippen LogP contribution in [0.1, 0.15) is 92.5 Å². The summed E-state index contributed by atoms with van der Waals surface area (Å²) in [4.78, 5) is 87.7. The number of pyridine rings is 1. The fourth-order valence-electron chi connectivity index (χ4n) is 10.0. The van der Waals surface area contributed by atoms with E-state index in [9.17, 15) is 29.2 Å². The van der Waals surface area contributed by atoms with E-state index in [1.165, 1.54) is 0 Å². The van der Waals surface area contributed by atoms with Gasteiger partial charge in [-0.05, 0) is 95.3 Å². The fourth-order valence-corrected chi connectivity index (χ4v) is 10.0. The average molecular weight is 868 g/mol. The summed E-state index contributed by atoms with van der Waals surface area (Å²) in [5.41, 5.74) is 3.22. The van der Waals surface area contributed by atoms with Gasteiger partial charge in [0.1, 0.15) is 24.0 Å². The van der Waals surface area contributed by atoms with Gasteiger partial charge in [-0.2, -0.15) is 5.26 Å². The molecule has 3 saturated heterocycles. The number of hydrogen-bond donors (Lipinski definition) is 2. The molecule has 4 aliphatic heterocycles. The van der Waals surface area contributed by atoms with Crippen LogP contribution in [0.2, 0.25) is 0 Å². The fraction of sp³-hybridized carbons (Fsp3) is 0.468. The van der Waals surface area contributed by atoms with Crippen LogP contribution in [0.15, 0.2) is 61.1 Å². The molecule has 0 spiro atoms. The molecule has 4 aromatic rings. The van der Waals surface area contributed by atoms with Crippen molar-refractivity contribution in [3.05, 3.63) is 77.7 Å². The molecule has 2 aromatic heterocycles. The van der Waals surface area contributed by atoms with Crippen molar-refractivity contribution < 1.29 is 28.7 Å². The van der Waals surface area contributed by atoms with Crippen LogP contribution in [0.5, 0.6) is 5.75 Å². The molecule has 4 fully saturated rings. The molecule has 6 amide bonds. The van der Waals surface area contributed by atoms with Gasteiger partial charge in [0.2, 0.25) is 17.8 Å². The van der Waals surface area contributed by atoms with Gasteiger partial charge < -0.3 is 24.8 Å². The van der Waals surface area contributed by atoms with Gasteiger partial charge in [0.15, 0.2) is 0 Å². The minimum Gasteiger partial charge on any atom is -0.490 e. The highest BCUT2D eigenvalue weighted by molar-refractivity contribution is 6.23. The molecule has 17 heteroatoms. The van der Waals surface area contributed by atoms with Crippen molar-refractivity contribution in [3.63, 3.8) is 0 Å². The molecule has 0 radical (unpaired) electrons. The Bertz CT molecular complexity index is 2530. The molecular formula is C47H53N11O6. The lowest BCUT2D eigenvalue weighted by Crippen LogP contribution is -2.59. The largest absolute Gasteiger partial charge is 0.490 e. The number of carbonyl (C=O) groups is 5. The maximum atomic E-state index is 13.6. The lowest BCUT2D eigenvalue weighted by molar-refractivity contribution is -0.136. The standard InChI is InChI=1S/C47H53N11O6/c1-27(2)55(33-18-35(19-33)64-34-8-9-36-38(20-34)45(62)58(44(36)61)40-11-12-41(59)53-43(40)60)26-30-13-16-54(17-14-30)46-50-22-32(23-51-46)52-47(63)57-25-28(3)56(24-29(57)4)39-10-7-31(21-48)42-37(39)6-5-15-49-42/h5-10,15,20,22-23,27-30,33,35,40H,11-14,16-19,24-26H2,1-4H3,(H,52,63)(H,53,59,60)/t28-,29+,33?,35?,40?/m0/s1. The number of piperidine rings is 2. The molecule has 1 aliphatic carbocycles. The highest BCUT2D eigenvalue weighted by atomic mass is 16.5. The van der Waals surface area contributed by atoms with Crippen molar-refractivity contribution in [2.45, 2.75) is 103 Å². The normalized spacial score (nSPS) is 23.9. The Morgan fingerprint density at radius 2 is 1.70 bits per heavy atom. The monoisotopic (exact) mass is 867 g/mol. The molecule has 332 valence electrons. The molecule has 64 heavy (non-hydrogen) atoms. The second-order valence-corrected chi connectivity index (χ2v) is 18.1. The van der Waals surface area contributed by atoms with Crippen molar-refractivity contribution in [2.75, 3.05) is 47.8 Å². The van der Waals surface area contributed by atoms with Crippen LogP contribution in [0.3, 0.4) is 0 Å². The van der Waals surface area contributed by atoms with Crippen molar-refractivity contribution in [2.24, 2.45) is 5.92 Å². The summed E-state index contributed by atoms with van der Waals surface area (Å²) in [5, 5.41) is 15.8. The van der Waals surface area contributed by atoms with Crippen LogP contribution >= 0.6 is 0 Å². The second-order valence-electron chi connectivity index (χ2n) is 18.1. The van der Waals surface area contributed by atoms with Crippen LogP contribution in [-0.2, 0) is 9.59 Å². The van der Waals surface area contributed by atoms with Gasteiger partial charge in [-0.15, -0.1) is 0 Å². The first kappa shape index (κ1) is 42.6. The third-order valence-electron chi connectivity index (χ3n) is 13.6. The summed E-state index contributed by atoms with van der Waals surface area (Å²) in [5.74, 6) is -0.434. The van der Waals surface area contributed by atoms with Gasteiger partial charge in [0.05, 0.1) is 40.3 Å². The third kappa shape index (κ3) is 8.18. The van der Waals surface area contributed by atoms with Crippen molar-refractivity contribution in [1.29, 1.82) is 5.26 Å². The number of nitriles is 1. The number of amides is 6. The van der Waals surface area contributed by atoms with E-state index in [0.717, 1.165) is 61.3 Å². The number of urea groups is 1. The molecule has 5 aliphatic rings. The average Bonchev–Trinajstić information content (AvgIpc) is 3.52. The molecule has 1 saturated carbocycles. The Morgan fingerprint density at radius 1 is 0.953 bits per heavy atom. The van der Waals surface area contributed by atoms with E-state index < -0.39 is 29.7 Å². The minimum atomic E-state index is -1.01. The summed E-state index contributed by atoms with van der Waals surface area (Å²) >= 11 is 0. The number of carbonyl (C=O) groups excluding carboxylic acids is 5. The topological polar surface area (TPSA) is 197 Å². The van der Waals surface area contributed by atoms with E-state index in [1.807, 2.05) is 36.1 Å². The molecule has 2 aromatic carbocycles. The number of aromatic nitrogens is 3. The number of benzene rings is 2. The zero-order valence-electron chi connectivity index (χ0n) is 36.6. The summed E-state index contributed by atoms with van der Waals surface area (Å²) in [6.07, 6.45) is 8.93. The Balaban J connectivity index is 0.732. The van der Waals surface area contributed by atoms with Crippen LogP contribution < -0.4 is 25.2 Å². The van der Waals surface area contributed by atoms with Crippen LogP contribution in [-0.4, -0.2) is 128 Å². The van der Waals surface area contributed by atoms with E-state index in [4.69, 9.17) is 4.74 Å². The highest BCUT2D eigenvalue weighted by Gasteiger charge is 2.45. The number of rotatable bonds is 10. The number of piperazine rings is 1. The molecule has 9 rings (SSSR count). The molecular weight excluding hydrogens is 815 g/mol. The van der Waals surface area contributed by atoms with E-state index >= 15 is 0 Å². The van der Waals surface area contributed by atoms with Gasteiger partial charge in [-0.1, -0.05) is 0 Å². The predicted molar refractivity (Wildman–Crippen MR) is 238 cm³/mol. The number of nitrogens with zero attached hydrogens (tertiary/aromatic N) is 9. The predicted octanol–water partition coefficient (Wildman–Crippen LogP) is 4.97. The third-order valence-corrected chi connectivity index (χ3v) is 13.6. The number of hydrogen-bond acceptors (Lipinski definition) is 13. The van der Waals surface area contributed by atoms with Crippen molar-refractivity contribution in [1.82, 2.24) is 35.0 Å². The van der Waals surface area contributed by atoms with Gasteiger partial charge in [0.25, 0.3) is 11.8 Å². The molecule has 0 bridgehead atoms. The summed E-state index contributed by atoms with van der Waals surface area (Å²) < 4.78 is 6.30. The maximum absolute atomic E-state index is 13.6. The van der Waals surface area contributed by atoms with Crippen LogP contribution in [0, 0.1) is 17.2 Å². The van der Waals surface area contributed by atoms with Crippen molar-refractivity contribution in [3.8, 4) is 11.8 Å². The van der Waals surface area contributed by atoms with Gasteiger partial charge in [0, 0.05) is 93.4 Å². The smallest absolute Gasteiger partial charge is 0.322 e. The second kappa shape index (κ2) is 17.5. The zero-order chi connectivity index (χ0) is 44.8. The number of anilines is 3. The lowest BCUT2D eigenvalue weighted by atomic mass is 9.85. The summed E-state index contributed by atoms with van der Waals surface area (Å²) in [6.45, 7) is 12.4. The zero-order valence-corrected chi connectivity index (χ0v) is 36.6. The van der Waals surface area contributed by atoms with Crippen LogP contribution in [0.25, 0.3) is 10.9 Å². The number of ether oxygens (including phenoxy) is 1. The molecule has 1 unspecified atom stereocenters. The Labute approximate surface area is 371 Å². The lowest BCUT2D eigenvalue weighted by Gasteiger charge is -2.46. The molecule has 6 heterocycles. The number of nitrogens with one attached hydrogen (secondary N) is 2. The van der Waals surface area contributed by atoms with Gasteiger partial charge in [-0.3, -0.25) is 39.3 Å². The van der Waals surface area contributed by atoms with Gasteiger partial charge >= 0.3 is 6.03 Å². The highest BCUT2D eigenvalue weighted by Crippen LogP contribution is 2.36. The van der Waals surface area contributed by atoms with E-state index in [0.29, 0.717) is 59.6 Å². The molecule has 17 nitrogen and oxygen atoms in total. The Hall–Kier alpha value is -6.67.